The van der Waals surface area contributed by atoms with Crippen molar-refractivity contribution in [1.29, 1.82) is 0 Å². The minimum Gasteiger partial charge on any atom is -0.369 e. The molecule has 3 amide bonds. The van der Waals surface area contributed by atoms with Crippen LogP contribution in [-0.4, -0.2) is 66.8 Å². The predicted octanol–water partition coefficient (Wildman–Crippen LogP) is 3.60. The molecule has 0 spiro atoms. The van der Waals surface area contributed by atoms with Crippen molar-refractivity contribution >= 4 is 29.1 Å². The number of carbonyl (C=O) groups is 3. The zero-order valence-corrected chi connectivity index (χ0v) is 20.0. The fourth-order valence-electron chi connectivity index (χ4n) is 4.29. The number of hydrogen-bond donors (Lipinski definition) is 1. The Morgan fingerprint density at radius 2 is 1.78 bits per heavy atom. The van der Waals surface area contributed by atoms with E-state index in [0.29, 0.717) is 43.9 Å². The van der Waals surface area contributed by atoms with Crippen LogP contribution < -0.4 is 10.2 Å². The molecule has 2 aliphatic rings. The maximum Gasteiger partial charge on any atom is 0.256 e. The van der Waals surface area contributed by atoms with Gasteiger partial charge in [0.25, 0.3) is 5.91 Å². The number of amides is 3. The summed E-state index contributed by atoms with van der Waals surface area (Å²) in [7, 11) is 0. The highest BCUT2D eigenvalue weighted by Crippen LogP contribution is 2.32. The van der Waals surface area contributed by atoms with Crippen molar-refractivity contribution in [2.45, 2.75) is 53.4 Å². The Morgan fingerprint density at radius 3 is 2.41 bits per heavy atom. The maximum absolute atomic E-state index is 13.4. The smallest absolute Gasteiger partial charge is 0.256 e. The molecule has 176 valence electrons. The molecule has 3 rings (SSSR count). The Morgan fingerprint density at radius 1 is 1.06 bits per heavy atom. The summed E-state index contributed by atoms with van der Waals surface area (Å²) < 4.78 is 0. The molecule has 1 saturated heterocycles. The van der Waals surface area contributed by atoms with Crippen molar-refractivity contribution < 1.29 is 14.4 Å². The van der Waals surface area contributed by atoms with E-state index in [4.69, 9.17) is 0 Å². The molecule has 0 atom stereocenters. The summed E-state index contributed by atoms with van der Waals surface area (Å²) >= 11 is 0. The lowest BCUT2D eigenvalue weighted by atomic mass is 10.1. The van der Waals surface area contributed by atoms with E-state index >= 15 is 0 Å². The quantitative estimate of drug-likeness (QED) is 0.668. The van der Waals surface area contributed by atoms with Crippen LogP contribution in [-0.2, 0) is 9.59 Å². The van der Waals surface area contributed by atoms with Gasteiger partial charge in [0.1, 0.15) is 0 Å². The lowest BCUT2D eigenvalue weighted by Gasteiger charge is -2.28. The second-order valence-corrected chi connectivity index (χ2v) is 9.30. The van der Waals surface area contributed by atoms with Crippen molar-refractivity contribution in [2.75, 3.05) is 49.5 Å². The topological polar surface area (TPSA) is 73.0 Å². The highest BCUT2D eigenvalue weighted by molar-refractivity contribution is 6.02. The van der Waals surface area contributed by atoms with Gasteiger partial charge in [-0.15, -0.1) is 0 Å². The third-order valence-electron chi connectivity index (χ3n) is 6.23. The Hall–Kier alpha value is -2.57. The van der Waals surface area contributed by atoms with Gasteiger partial charge in [-0.1, -0.05) is 13.8 Å². The number of rotatable bonds is 8. The van der Waals surface area contributed by atoms with Crippen molar-refractivity contribution in [3.8, 4) is 0 Å². The normalized spacial score (nSPS) is 16.7. The van der Waals surface area contributed by atoms with Gasteiger partial charge in [0, 0.05) is 63.0 Å². The molecular formula is C25H38N4O3. The summed E-state index contributed by atoms with van der Waals surface area (Å²) in [6, 6.07) is 5.64. The van der Waals surface area contributed by atoms with Crippen LogP contribution >= 0.6 is 0 Å². The van der Waals surface area contributed by atoms with Crippen molar-refractivity contribution in [3.05, 3.63) is 23.8 Å². The van der Waals surface area contributed by atoms with E-state index in [9.17, 15) is 14.4 Å². The predicted molar refractivity (Wildman–Crippen MR) is 128 cm³/mol. The molecule has 0 bridgehead atoms. The molecule has 32 heavy (non-hydrogen) atoms. The van der Waals surface area contributed by atoms with E-state index in [1.165, 1.54) is 0 Å². The summed E-state index contributed by atoms with van der Waals surface area (Å²) in [5.74, 6) is 0.715. The minimum absolute atomic E-state index is 0.0277. The average molecular weight is 443 g/mol. The lowest BCUT2D eigenvalue weighted by Crippen LogP contribution is -2.37. The fourth-order valence-corrected chi connectivity index (χ4v) is 4.29. The van der Waals surface area contributed by atoms with Gasteiger partial charge in [0.15, 0.2) is 0 Å². The molecule has 7 heteroatoms. The van der Waals surface area contributed by atoms with Gasteiger partial charge in [-0.2, -0.15) is 0 Å². The summed E-state index contributed by atoms with van der Waals surface area (Å²) in [6.07, 6.45) is 3.36. The first-order valence-corrected chi connectivity index (χ1v) is 12.1. The first-order chi connectivity index (χ1) is 15.3. The average Bonchev–Trinajstić information content (AvgIpc) is 3.60. The lowest BCUT2D eigenvalue weighted by molar-refractivity contribution is -0.132. The molecule has 1 aromatic rings. The number of nitrogens with one attached hydrogen (secondary N) is 1. The molecule has 1 N–H and O–H groups in total. The Kier molecular flexibility index (Phi) is 8.15. The molecular weight excluding hydrogens is 404 g/mol. The summed E-state index contributed by atoms with van der Waals surface area (Å²) in [4.78, 5) is 44.2. The van der Waals surface area contributed by atoms with Crippen molar-refractivity contribution in [2.24, 2.45) is 11.8 Å². The molecule has 1 aliphatic carbocycles. The highest BCUT2D eigenvalue weighted by atomic mass is 16.2. The molecule has 0 aromatic heterocycles. The highest BCUT2D eigenvalue weighted by Gasteiger charge is 2.34. The van der Waals surface area contributed by atoms with Crippen LogP contribution in [0.2, 0.25) is 0 Å². The van der Waals surface area contributed by atoms with Crippen LogP contribution in [0.25, 0.3) is 0 Å². The monoisotopic (exact) mass is 442 g/mol. The van der Waals surface area contributed by atoms with E-state index in [0.717, 1.165) is 38.0 Å². The Labute approximate surface area is 192 Å². The number of carbonyl (C=O) groups excluding carboxylic acids is 3. The Bertz CT molecular complexity index is 830. The van der Waals surface area contributed by atoms with Crippen LogP contribution in [0.1, 0.15) is 63.7 Å². The second-order valence-electron chi connectivity index (χ2n) is 9.30. The van der Waals surface area contributed by atoms with Gasteiger partial charge in [-0.3, -0.25) is 14.4 Å². The largest absolute Gasteiger partial charge is 0.369 e. The zero-order chi connectivity index (χ0) is 23.3. The van der Waals surface area contributed by atoms with E-state index in [2.05, 4.69) is 10.2 Å². The fraction of sp³-hybridized carbons (Fsp3) is 0.640. The Balaban J connectivity index is 1.83. The molecule has 0 radical (unpaired) electrons. The third-order valence-corrected chi connectivity index (χ3v) is 6.23. The van der Waals surface area contributed by atoms with Crippen LogP contribution in [0.3, 0.4) is 0 Å². The van der Waals surface area contributed by atoms with Gasteiger partial charge in [-0.05, 0) is 57.2 Å². The maximum atomic E-state index is 13.4. The minimum atomic E-state index is -0.0435. The number of hydrogen-bond acceptors (Lipinski definition) is 4. The molecule has 1 aliphatic heterocycles. The van der Waals surface area contributed by atoms with E-state index in [-0.39, 0.29) is 29.6 Å². The van der Waals surface area contributed by atoms with E-state index in [1.54, 1.807) is 4.90 Å². The summed E-state index contributed by atoms with van der Waals surface area (Å²) in [5, 5.41) is 2.95. The standard InChI is InChI=1S/C25H38N4O3/c1-5-27(6-2)25(32)21-17-20(26-23(30)16-18(3)4)10-11-22(21)28-12-7-13-29(15-14-28)24(31)19-8-9-19/h10-11,17-19H,5-9,12-16H2,1-4H3,(H,26,30). The van der Waals surface area contributed by atoms with Gasteiger partial charge in [0.05, 0.1) is 5.56 Å². The van der Waals surface area contributed by atoms with Crippen molar-refractivity contribution in [1.82, 2.24) is 9.80 Å². The molecule has 1 saturated carbocycles. The molecule has 2 fully saturated rings. The van der Waals surface area contributed by atoms with Crippen LogP contribution in [0.4, 0.5) is 11.4 Å². The first kappa shape index (κ1) is 24.1. The number of anilines is 2. The number of nitrogens with zero attached hydrogens (tertiary/aromatic N) is 3. The molecule has 1 heterocycles. The number of benzene rings is 1. The van der Waals surface area contributed by atoms with Crippen molar-refractivity contribution in [3.63, 3.8) is 0 Å². The van der Waals surface area contributed by atoms with Gasteiger partial charge >= 0.3 is 0 Å². The summed E-state index contributed by atoms with van der Waals surface area (Å²) in [6.45, 7) is 12.2. The van der Waals surface area contributed by atoms with E-state index in [1.807, 2.05) is 50.8 Å². The van der Waals surface area contributed by atoms with Crippen LogP contribution in [0, 0.1) is 11.8 Å². The van der Waals surface area contributed by atoms with Gasteiger partial charge < -0.3 is 20.0 Å². The van der Waals surface area contributed by atoms with Crippen LogP contribution in [0.15, 0.2) is 18.2 Å². The van der Waals surface area contributed by atoms with Gasteiger partial charge in [0.2, 0.25) is 11.8 Å². The zero-order valence-electron chi connectivity index (χ0n) is 20.0. The molecule has 1 aromatic carbocycles. The van der Waals surface area contributed by atoms with E-state index < -0.39 is 0 Å². The third kappa shape index (κ3) is 6.02. The SMILES string of the molecule is CCN(CC)C(=O)c1cc(NC(=O)CC(C)C)ccc1N1CCCN(C(=O)C2CC2)CC1. The second kappa shape index (κ2) is 10.8. The summed E-state index contributed by atoms with van der Waals surface area (Å²) in [5.41, 5.74) is 2.14. The molecule has 7 nitrogen and oxygen atoms in total. The first-order valence-electron chi connectivity index (χ1n) is 12.1. The molecule has 0 unspecified atom stereocenters. The van der Waals surface area contributed by atoms with Gasteiger partial charge in [-0.25, -0.2) is 0 Å². The van der Waals surface area contributed by atoms with Crippen LogP contribution in [0.5, 0.6) is 0 Å².